The molecule has 0 aromatic heterocycles. The lowest BCUT2D eigenvalue weighted by atomic mass is 9.79. The first-order valence-electron chi connectivity index (χ1n) is 9.28. The zero-order chi connectivity index (χ0) is 19.7. The third-order valence-electron chi connectivity index (χ3n) is 6.26. The predicted molar refractivity (Wildman–Crippen MR) is 116 cm³/mol. The molecule has 2 aliphatic rings. The summed E-state index contributed by atoms with van der Waals surface area (Å²) in [5.74, 6) is 0. The van der Waals surface area contributed by atoms with Gasteiger partial charge in [0.1, 0.15) is 4.87 Å². The van der Waals surface area contributed by atoms with E-state index in [0.717, 1.165) is 10.5 Å². The molecule has 2 heterocycles. The number of benzene rings is 3. The van der Waals surface area contributed by atoms with Gasteiger partial charge < -0.3 is 4.90 Å². The summed E-state index contributed by atoms with van der Waals surface area (Å²) in [6, 6.07) is 18.1. The minimum atomic E-state index is -0.337. The molecule has 4 nitrogen and oxygen atoms in total. The molecule has 2 aliphatic heterocycles. The minimum absolute atomic E-state index is 0.133. The predicted octanol–water partition coefficient (Wildman–Crippen LogP) is 5.99. The Kier molecular flexibility index (Phi) is 3.47. The molecule has 0 saturated heterocycles. The van der Waals surface area contributed by atoms with Gasteiger partial charge in [-0.15, -0.1) is 0 Å². The number of rotatable bonds is 1. The highest BCUT2D eigenvalue weighted by Crippen LogP contribution is 2.61. The third kappa shape index (κ3) is 2.08. The fourth-order valence-electron chi connectivity index (χ4n) is 4.69. The maximum absolute atomic E-state index is 11.1. The largest absolute Gasteiger partial charge is 0.355 e. The highest BCUT2D eigenvalue weighted by molar-refractivity contribution is 8.01. The van der Waals surface area contributed by atoms with E-state index in [9.17, 15) is 10.1 Å². The first-order valence-corrected chi connectivity index (χ1v) is 10.1. The van der Waals surface area contributed by atoms with Crippen LogP contribution in [0.3, 0.4) is 0 Å². The van der Waals surface area contributed by atoms with Crippen LogP contribution in [-0.2, 0) is 5.41 Å². The number of anilines is 1. The average Bonchev–Trinajstić information content (AvgIpc) is 2.86. The van der Waals surface area contributed by atoms with Gasteiger partial charge in [0, 0.05) is 40.6 Å². The summed E-state index contributed by atoms with van der Waals surface area (Å²) in [6.45, 7) is 4.58. The van der Waals surface area contributed by atoms with Gasteiger partial charge in [0.15, 0.2) is 0 Å². The lowest BCUT2D eigenvalue weighted by Gasteiger charge is -2.45. The maximum Gasteiger partial charge on any atom is 0.270 e. The van der Waals surface area contributed by atoms with Crippen LogP contribution in [-0.4, -0.2) is 16.8 Å². The van der Waals surface area contributed by atoms with Gasteiger partial charge in [-0.25, -0.2) is 0 Å². The molecular weight excluding hydrogens is 368 g/mol. The van der Waals surface area contributed by atoms with Crippen molar-refractivity contribution in [3.63, 3.8) is 0 Å². The van der Waals surface area contributed by atoms with Crippen molar-refractivity contribution in [2.45, 2.75) is 29.0 Å². The zero-order valence-corrected chi connectivity index (χ0v) is 16.8. The number of likely N-dealkylation sites (N-methyl/N-ethyl adjacent to an activating group) is 1. The van der Waals surface area contributed by atoms with Crippen molar-refractivity contribution in [1.29, 1.82) is 0 Å². The third-order valence-corrected chi connectivity index (χ3v) is 8.08. The summed E-state index contributed by atoms with van der Waals surface area (Å²) >= 11 is 1.78. The Morgan fingerprint density at radius 2 is 1.86 bits per heavy atom. The molecule has 28 heavy (non-hydrogen) atoms. The normalized spacial score (nSPS) is 21.8. The first kappa shape index (κ1) is 17.3. The number of nitrogens with zero attached hydrogens (tertiary/aromatic N) is 2. The van der Waals surface area contributed by atoms with E-state index in [4.69, 9.17) is 0 Å². The fraction of sp³-hybridized carbons (Fsp3) is 0.217. The van der Waals surface area contributed by atoms with Crippen molar-refractivity contribution < 1.29 is 4.92 Å². The van der Waals surface area contributed by atoms with Gasteiger partial charge in [-0.05, 0) is 28.7 Å². The molecule has 1 atom stereocenters. The highest BCUT2D eigenvalue weighted by atomic mass is 32.2. The van der Waals surface area contributed by atoms with Crippen LogP contribution in [0.4, 0.5) is 11.4 Å². The number of nitro benzene ring substituents is 1. The molecule has 1 unspecified atom stereocenters. The van der Waals surface area contributed by atoms with Crippen LogP contribution in [0, 0.1) is 10.1 Å². The average molecular weight is 388 g/mol. The molecule has 0 N–H and O–H groups in total. The number of hydrogen-bond acceptors (Lipinski definition) is 4. The van der Waals surface area contributed by atoms with Crippen LogP contribution >= 0.6 is 11.8 Å². The highest BCUT2D eigenvalue weighted by Gasteiger charge is 2.56. The van der Waals surface area contributed by atoms with Crippen molar-refractivity contribution in [2.75, 3.05) is 11.9 Å². The van der Waals surface area contributed by atoms with E-state index in [1.165, 1.54) is 22.0 Å². The van der Waals surface area contributed by atoms with Gasteiger partial charge in [-0.3, -0.25) is 10.1 Å². The maximum atomic E-state index is 11.1. The van der Waals surface area contributed by atoms with E-state index < -0.39 is 0 Å². The van der Waals surface area contributed by atoms with E-state index in [1.54, 1.807) is 23.9 Å². The van der Waals surface area contributed by atoms with Gasteiger partial charge >= 0.3 is 0 Å². The molecule has 1 spiro atoms. The van der Waals surface area contributed by atoms with E-state index in [-0.39, 0.29) is 20.9 Å². The number of nitro groups is 1. The van der Waals surface area contributed by atoms with Gasteiger partial charge in [0.05, 0.1) is 4.92 Å². The first-order chi connectivity index (χ1) is 13.3. The van der Waals surface area contributed by atoms with Crippen LogP contribution in [0.5, 0.6) is 0 Å². The Bertz CT molecular complexity index is 1180. The molecular formula is C23H20N2O2S. The zero-order valence-electron chi connectivity index (χ0n) is 16.0. The Labute approximate surface area is 168 Å². The Morgan fingerprint density at radius 1 is 1.07 bits per heavy atom. The molecule has 0 aliphatic carbocycles. The second-order valence-electron chi connectivity index (χ2n) is 7.98. The van der Waals surface area contributed by atoms with E-state index in [1.807, 2.05) is 12.1 Å². The quantitative estimate of drug-likeness (QED) is 0.379. The summed E-state index contributed by atoms with van der Waals surface area (Å²) in [4.78, 5) is 14.0. The van der Waals surface area contributed by atoms with E-state index >= 15 is 0 Å². The summed E-state index contributed by atoms with van der Waals surface area (Å²) < 4.78 is 0. The second-order valence-corrected chi connectivity index (χ2v) is 9.24. The van der Waals surface area contributed by atoms with Crippen LogP contribution in [0.25, 0.3) is 16.8 Å². The Hall–Kier alpha value is -2.79. The molecule has 140 valence electrons. The number of hydrogen-bond donors (Lipinski definition) is 0. The van der Waals surface area contributed by atoms with Crippen LogP contribution in [0.2, 0.25) is 0 Å². The summed E-state index contributed by atoms with van der Waals surface area (Å²) in [6.07, 6.45) is 4.27. The van der Waals surface area contributed by atoms with Crippen molar-refractivity contribution in [1.82, 2.24) is 0 Å². The van der Waals surface area contributed by atoms with Crippen molar-refractivity contribution >= 4 is 40.0 Å². The van der Waals surface area contributed by atoms with E-state index in [2.05, 4.69) is 68.3 Å². The summed E-state index contributed by atoms with van der Waals surface area (Å²) in [5.41, 5.74) is 3.51. The summed E-state index contributed by atoms with van der Waals surface area (Å²) in [7, 11) is 2.16. The molecule has 5 heteroatoms. The molecule has 0 radical (unpaired) electrons. The molecule has 0 saturated carbocycles. The SMILES string of the molecule is CN1c2c(ccc3ccccc23)C(C)(C)C12C=Cc1cc([N+](=O)[O-])ccc1S2. The second kappa shape index (κ2) is 5.61. The van der Waals surface area contributed by atoms with Crippen molar-refractivity contribution in [3.05, 3.63) is 81.9 Å². The topological polar surface area (TPSA) is 46.4 Å². The number of thioether (sulfide) groups is 1. The van der Waals surface area contributed by atoms with E-state index in [0.29, 0.717) is 0 Å². The van der Waals surface area contributed by atoms with Gasteiger partial charge in [0.2, 0.25) is 0 Å². The molecule has 3 aromatic rings. The molecule has 0 amide bonds. The monoisotopic (exact) mass is 388 g/mol. The van der Waals surface area contributed by atoms with Gasteiger partial charge in [-0.1, -0.05) is 68.1 Å². The standard InChI is InChI=1S/C23H20N2O2S/c1-22(2)19-10-8-15-6-4-5-7-18(15)21(19)24(3)23(22)13-12-16-14-17(25(26)27)9-11-20(16)28-23/h4-14H,1-3H3. The fourth-order valence-corrected chi connectivity index (χ4v) is 6.14. The van der Waals surface area contributed by atoms with Gasteiger partial charge in [0.25, 0.3) is 5.69 Å². The van der Waals surface area contributed by atoms with Crippen LogP contribution < -0.4 is 4.90 Å². The van der Waals surface area contributed by atoms with Crippen LogP contribution in [0.1, 0.15) is 25.0 Å². The van der Waals surface area contributed by atoms with Crippen LogP contribution in [0.15, 0.2) is 65.6 Å². The molecule has 3 aromatic carbocycles. The number of non-ortho nitro benzene ring substituents is 1. The number of fused-ring (bicyclic) bond motifs is 4. The van der Waals surface area contributed by atoms with Crippen molar-refractivity contribution in [3.8, 4) is 0 Å². The Balaban J connectivity index is 1.70. The lowest BCUT2D eigenvalue weighted by molar-refractivity contribution is -0.384. The molecule has 0 bridgehead atoms. The Morgan fingerprint density at radius 3 is 2.64 bits per heavy atom. The lowest BCUT2D eigenvalue weighted by Crippen LogP contribution is -2.50. The smallest absolute Gasteiger partial charge is 0.270 e. The molecule has 0 fully saturated rings. The molecule has 5 rings (SSSR count). The summed E-state index contributed by atoms with van der Waals surface area (Å²) in [5, 5.41) is 13.6. The van der Waals surface area contributed by atoms with Gasteiger partial charge in [-0.2, -0.15) is 0 Å². The van der Waals surface area contributed by atoms with Crippen molar-refractivity contribution in [2.24, 2.45) is 0 Å². The minimum Gasteiger partial charge on any atom is -0.355 e.